The maximum atomic E-state index is 14.8. The maximum absolute atomic E-state index is 14.8. The Labute approximate surface area is 205 Å². The lowest BCUT2D eigenvalue weighted by Crippen LogP contribution is -2.42. The Morgan fingerprint density at radius 3 is 2.71 bits per heavy atom. The molecule has 9 nitrogen and oxygen atoms in total. The van der Waals surface area contributed by atoms with Gasteiger partial charge in [0.15, 0.2) is 11.6 Å². The molecule has 1 aliphatic rings. The third kappa shape index (κ3) is 5.27. The van der Waals surface area contributed by atoms with Crippen LogP contribution in [0.4, 0.5) is 26.4 Å². The lowest BCUT2D eigenvalue weighted by atomic mass is 10.1. The van der Waals surface area contributed by atoms with Crippen molar-refractivity contribution in [3.63, 3.8) is 0 Å². The van der Waals surface area contributed by atoms with Crippen LogP contribution < -0.4 is 15.0 Å². The summed E-state index contributed by atoms with van der Waals surface area (Å²) in [7, 11) is 0. The zero-order valence-corrected chi connectivity index (χ0v) is 19.9. The highest BCUT2D eigenvalue weighted by Crippen LogP contribution is 2.42. The number of hydrogen-bond acceptors (Lipinski definition) is 7. The number of nitrogens with zero attached hydrogens (tertiary/aromatic N) is 3. The quantitative estimate of drug-likeness (QED) is 0.482. The maximum Gasteiger partial charge on any atom is 0.416 e. The molecule has 0 fully saturated rings. The van der Waals surface area contributed by atoms with E-state index in [2.05, 4.69) is 15.3 Å². The van der Waals surface area contributed by atoms with Crippen LogP contribution in [0.5, 0.6) is 5.75 Å². The van der Waals surface area contributed by atoms with Gasteiger partial charge in [-0.05, 0) is 51.1 Å². The molecule has 4 rings (SSSR count). The molecule has 1 amide bonds. The molecule has 0 radical (unpaired) electrons. The Kier molecular flexibility index (Phi) is 6.49. The first-order valence-corrected chi connectivity index (χ1v) is 11.0. The van der Waals surface area contributed by atoms with Crippen LogP contribution in [0, 0.1) is 5.82 Å². The second-order valence-electron chi connectivity index (χ2n) is 8.66. The minimum absolute atomic E-state index is 0.0891. The number of fused-ring (bicyclic) bond motifs is 1. The van der Waals surface area contributed by atoms with Crippen LogP contribution in [0.2, 0.25) is 5.02 Å². The summed E-state index contributed by atoms with van der Waals surface area (Å²) in [5.74, 6) is -1.50. The third-order valence-electron chi connectivity index (χ3n) is 4.91. The summed E-state index contributed by atoms with van der Waals surface area (Å²) in [6.45, 7) is 5.49. The second kappa shape index (κ2) is 9.38. The number of aromatic carboxylic acids is 1. The number of halogens is 2. The van der Waals surface area contributed by atoms with Crippen LogP contribution in [0.1, 0.15) is 31.1 Å². The normalized spacial score (nSPS) is 13.0. The molecule has 0 atom stereocenters. The van der Waals surface area contributed by atoms with Gasteiger partial charge in [0, 0.05) is 23.0 Å². The Balaban J connectivity index is 1.89. The van der Waals surface area contributed by atoms with Crippen molar-refractivity contribution in [2.45, 2.75) is 26.4 Å². The van der Waals surface area contributed by atoms with Crippen LogP contribution in [-0.4, -0.2) is 45.9 Å². The number of nitrogens with one attached hydrogen (secondary N) is 1. The SMILES string of the molecule is CC(C)(C)OC(=O)N1CCOc2c(Nc3ccncc3C(=O)O)cc(-c3cc(Cl)ccc3F)nc21. The van der Waals surface area contributed by atoms with Gasteiger partial charge in [0.2, 0.25) is 0 Å². The van der Waals surface area contributed by atoms with E-state index >= 15 is 0 Å². The van der Waals surface area contributed by atoms with Gasteiger partial charge in [-0.25, -0.2) is 19.0 Å². The summed E-state index contributed by atoms with van der Waals surface area (Å²) in [5.41, 5.74) is -0.126. The van der Waals surface area contributed by atoms with Crippen LogP contribution in [0.25, 0.3) is 11.3 Å². The second-order valence-corrected chi connectivity index (χ2v) is 9.10. The van der Waals surface area contributed by atoms with E-state index in [9.17, 15) is 19.1 Å². The Hall–Kier alpha value is -3.92. The summed E-state index contributed by atoms with van der Waals surface area (Å²) in [6.07, 6.45) is 1.97. The molecule has 3 aromatic rings. The molecule has 3 heterocycles. The molecule has 0 bridgehead atoms. The van der Waals surface area contributed by atoms with Gasteiger partial charge >= 0.3 is 12.1 Å². The zero-order chi connectivity index (χ0) is 25.3. The molecule has 11 heteroatoms. The Morgan fingerprint density at radius 2 is 2.00 bits per heavy atom. The predicted molar refractivity (Wildman–Crippen MR) is 128 cm³/mol. The molecular weight excluding hydrogens is 479 g/mol. The number of carbonyl (C=O) groups excluding carboxylic acids is 1. The van der Waals surface area contributed by atoms with E-state index in [-0.39, 0.29) is 57.9 Å². The topological polar surface area (TPSA) is 114 Å². The standard InChI is InChI=1S/C24H22ClFN4O5/c1-24(2,3)35-23(33)30-8-9-34-20-19(28-17-6-7-27-12-15(17)22(31)32)11-18(29-21(20)30)14-10-13(25)4-5-16(14)26/h4-7,10-12H,8-9H2,1-3H3,(H,31,32)(H,27,28,29). The van der Waals surface area contributed by atoms with Gasteiger partial charge in [-0.3, -0.25) is 9.88 Å². The van der Waals surface area contributed by atoms with Crippen LogP contribution in [0.15, 0.2) is 42.7 Å². The highest BCUT2D eigenvalue weighted by atomic mass is 35.5. The number of anilines is 3. The molecule has 1 aromatic carbocycles. The van der Waals surface area contributed by atoms with E-state index in [1.54, 1.807) is 20.8 Å². The van der Waals surface area contributed by atoms with E-state index in [4.69, 9.17) is 21.1 Å². The van der Waals surface area contributed by atoms with E-state index in [0.717, 1.165) is 0 Å². The van der Waals surface area contributed by atoms with Crippen molar-refractivity contribution < 1.29 is 28.6 Å². The minimum Gasteiger partial charge on any atom is -0.486 e. The number of hydrogen-bond donors (Lipinski definition) is 2. The average molecular weight is 501 g/mol. The first kappa shape index (κ1) is 24.2. The molecule has 182 valence electrons. The third-order valence-corrected chi connectivity index (χ3v) is 5.15. The smallest absolute Gasteiger partial charge is 0.416 e. The van der Waals surface area contributed by atoms with Gasteiger partial charge in [-0.1, -0.05) is 11.6 Å². The van der Waals surface area contributed by atoms with Crippen LogP contribution >= 0.6 is 11.6 Å². The van der Waals surface area contributed by atoms with Crippen LogP contribution in [0.3, 0.4) is 0 Å². The molecule has 2 N–H and O–H groups in total. The van der Waals surface area contributed by atoms with E-state index in [1.165, 1.54) is 47.6 Å². The highest BCUT2D eigenvalue weighted by molar-refractivity contribution is 6.30. The predicted octanol–water partition coefficient (Wildman–Crippen LogP) is 5.51. The monoisotopic (exact) mass is 500 g/mol. The molecule has 0 spiro atoms. The van der Waals surface area contributed by atoms with E-state index in [1.807, 2.05) is 0 Å². The lowest BCUT2D eigenvalue weighted by Gasteiger charge is -2.32. The number of carboxylic acid groups (broad SMARTS) is 1. The van der Waals surface area contributed by atoms with E-state index < -0.39 is 23.5 Å². The molecular formula is C24H22ClFN4O5. The molecule has 0 saturated heterocycles. The molecule has 0 aliphatic carbocycles. The summed E-state index contributed by atoms with van der Waals surface area (Å²) < 4.78 is 26.1. The van der Waals surface area contributed by atoms with Crippen molar-refractivity contribution in [3.8, 4) is 17.0 Å². The average Bonchev–Trinajstić information content (AvgIpc) is 2.79. The highest BCUT2D eigenvalue weighted by Gasteiger charge is 2.32. The fourth-order valence-electron chi connectivity index (χ4n) is 3.43. The summed E-state index contributed by atoms with van der Waals surface area (Å²) in [6, 6.07) is 7.00. The first-order chi connectivity index (χ1) is 16.5. The van der Waals surface area contributed by atoms with Crippen molar-refractivity contribution >= 4 is 40.9 Å². The number of amides is 1. The van der Waals surface area contributed by atoms with Gasteiger partial charge in [-0.2, -0.15) is 0 Å². The molecule has 0 unspecified atom stereocenters. The Morgan fingerprint density at radius 1 is 1.23 bits per heavy atom. The van der Waals surface area contributed by atoms with Gasteiger partial charge in [0.05, 0.1) is 23.6 Å². The van der Waals surface area contributed by atoms with Crippen molar-refractivity contribution in [3.05, 3.63) is 59.1 Å². The number of carbonyl (C=O) groups is 2. The van der Waals surface area contributed by atoms with Gasteiger partial charge < -0.3 is 19.9 Å². The van der Waals surface area contributed by atoms with Crippen molar-refractivity contribution in [1.29, 1.82) is 0 Å². The van der Waals surface area contributed by atoms with Gasteiger partial charge in [-0.15, -0.1) is 0 Å². The summed E-state index contributed by atoms with van der Waals surface area (Å²) in [4.78, 5) is 34.3. The fraction of sp³-hybridized carbons (Fsp3) is 0.250. The number of rotatable bonds is 4. The van der Waals surface area contributed by atoms with Crippen molar-refractivity contribution in [1.82, 2.24) is 9.97 Å². The fourth-order valence-corrected chi connectivity index (χ4v) is 3.60. The number of benzene rings is 1. The first-order valence-electron chi connectivity index (χ1n) is 10.6. The molecule has 35 heavy (non-hydrogen) atoms. The van der Waals surface area contributed by atoms with Crippen molar-refractivity contribution in [2.75, 3.05) is 23.4 Å². The van der Waals surface area contributed by atoms with Crippen molar-refractivity contribution in [2.24, 2.45) is 0 Å². The number of aromatic nitrogens is 2. The Bertz CT molecular complexity index is 1310. The minimum atomic E-state index is -1.19. The lowest BCUT2D eigenvalue weighted by molar-refractivity contribution is 0.0565. The zero-order valence-electron chi connectivity index (χ0n) is 19.1. The number of pyridine rings is 2. The summed E-state index contributed by atoms with van der Waals surface area (Å²) >= 11 is 6.10. The molecule has 1 aliphatic heterocycles. The van der Waals surface area contributed by atoms with Gasteiger partial charge in [0.1, 0.15) is 23.6 Å². The molecule has 0 saturated carbocycles. The van der Waals surface area contributed by atoms with E-state index in [0.29, 0.717) is 0 Å². The van der Waals surface area contributed by atoms with Gasteiger partial charge in [0.25, 0.3) is 0 Å². The number of carboxylic acids is 1. The summed E-state index contributed by atoms with van der Waals surface area (Å²) in [5, 5.41) is 12.9. The number of ether oxygens (including phenoxy) is 2. The van der Waals surface area contributed by atoms with Crippen LogP contribution in [-0.2, 0) is 4.74 Å². The largest absolute Gasteiger partial charge is 0.486 e. The molecule has 2 aromatic heterocycles.